The quantitative estimate of drug-likeness (QED) is 0.288. The maximum atomic E-state index is 4.01. The van der Waals surface area contributed by atoms with Gasteiger partial charge in [0.25, 0.3) is 0 Å². The van der Waals surface area contributed by atoms with Gasteiger partial charge in [-0.2, -0.15) is 0 Å². The van der Waals surface area contributed by atoms with Crippen molar-refractivity contribution >= 4 is 5.69 Å². The van der Waals surface area contributed by atoms with Gasteiger partial charge < -0.3 is 4.90 Å². The Morgan fingerprint density at radius 2 is 1.58 bits per heavy atom. The lowest BCUT2D eigenvalue weighted by atomic mass is 10.0. The van der Waals surface area contributed by atoms with Crippen molar-refractivity contribution in [1.82, 2.24) is 0 Å². The minimum atomic E-state index is 1.02. The summed E-state index contributed by atoms with van der Waals surface area (Å²) < 4.78 is 0. The normalized spacial score (nSPS) is 16.3. The zero-order valence-corrected chi connectivity index (χ0v) is 21.9. The monoisotopic (exact) mass is 469 g/mol. The summed E-state index contributed by atoms with van der Waals surface area (Å²) >= 11 is 0. The number of nitrogens with zero attached hydrogens (tertiary/aromatic N) is 1. The summed E-state index contributed by atoms with van der Waals surface area (Å²) in [7, 11) is 0. The molecule has 0 unspecified atom stereocenters. The summed E-state index contributed by atoms with van der Waals surface area (Å²) in [6.07, 6.45) is 19.4. The number of anilines is 1. The van der Waals surface area contributed by atoms with E-state index in [2.05, 4.69) is 136 Å². The minimum Gasteiger partial charge on any atom is -0.315 e. The Morgan fingerprint density at radius 3 is 2.31 bits per heavy atom. The molecule has 1 heteroatoms. The molecule has 0 N–H and O–H groups in total. The second-order valence-electron chi connectivity index (χ2n) is 9.42. The predicted molar refractivity (Wildman–Crippen MR) is 157 cm³/mol. The van der Waals surface area contributed by atoms with Crippen LogP contribution in [0.2, 0.25) is 0 Å². The van der Waals surface area contributed by atoms with E-state index in [9.17, 15) is 0 Å². The first kappa shape index (κ1) is 25.0. The summed E-state index contributed by atoms with van der Waals surface area (Å²) in [5, 5.41) is 0. The predicted octanol–water partition coefficient (Wildman–Crippen LogP) is 9.79. The average Bonchev–Trinajstić information content (AvgIpc) is 3.08. The van der Waals surface area contributed by atoms with Gasteiger partial charge in [-0.1, -0.05) is 73.3 Å². The van der Waals surface area contributed by atoms with Crippen molar-refractivity contribution in [3.63, 3.8) is 0 Å². The number of hydrogen-bond acceptors (Lipinski definition) is 1. The fourth-order valence-electron chi connectivity index (χ4n) is 4.42. The van der Waals surface area contributed by atoms with E-state index < -0.39 is 0 Å². The average molecular weight is 470 g/mol. The van der Waals surface area contributed by atoms with Gasteiger partial charge in [-0.15, -0.1) is 5.73 Å². The Morgan fingerprint density at radius 1 is 0.861 bits per heavy atom. The third-order valence-corrected chi connectivity index (χ3v) is 6.79. The van der Waals surface area contributed by atoms with Crippen LogP contribution in [-0.2, 0) is 0 Å². The number of rotatable bonds is 7. The molecule has 0 fully saturated rings. The molecule has 0 spiro atoms. The van der Waals surface area contributed by atoms with Crippen LogP contribution in [0.1, 0.15) is 40.5 Å². The highest BCUT2D eigenvalue weighted by Gasteiger charge is 2.15. The van der Waals surface area contributed by atoms with Crippen molar-refractivity contribution in [2.75, 3.05) is 4.90 Å². The molecule has 0 aliphatic heterocycles. The summed E-state index contributed by atoms with van der Waals surface area (Å²) in [6, 6.07) is 19.4. The molecule has 0 amide bonds. The molecule has 36 heavy (non-hydrogen) atoms. The third kappa shape index (κ3) is 5.95. The Hall–Kier alpha value is -4.06. The molecule has 2 aromatic carbocycles. The summed E-state index contributed by atoms with van der Waals surface area (Å²) in [5.74, 6) is 0. The molecule has 0 heterocycles. The van der Waals surface area contributed by atoms with Crippen LogP contribution in [0.5, 0.6) is 0 Å². The molecule has 4 rings (SSSR count). The van der Waals surface area contributed by atoms with Gasteiger partial charge in [0.1, 0.15) is 0 Å². The third-order valence-electron chi connectivity index (χ3n) is 6.79. The van der Waals surface area contributed by atoms with E-state index in [4.69, 9.17) is 0 Å². The van der Waals surface area contributed by atoms with Crippen molar-refractivity contribution in [3.05, 3.63) is 155 Å². The fraction of sp³-hybridized carbons (Fsp3) is 0.171. The molecule has 0 radical (unpaired) electrons. The second-order valence-corrected chi connectivity index (χ2v) is 9.42. The van der Waals surface area contributed by atoms with E-state index in [1.165, 1.54) is 44.7 Å². The maximum absolute atomic E-state index is 4.01. The highest BCUT2D eigenvalue weighted by Crippen LogP contribution is 2.32. The van der Waals surface area contributed by atoms with E-state index in [0.717, 1.165) is 24.2 Å². The first-order valence-electron chi connectivity index (χ1n) is 12.6. The zero-order chi connectivity index (χ0) is 25.5. The van der Waals surface area contributed by atoms with Gasteiger partial charge in [0, 0.05) is 17.1 Å². The molecule has 2 aliphatic carbocycles. The molecule has 2 aliphatic rings. The van der Waals surface area contributed by atoms with Crippen LogP contribution in [0.3, 0.4) is 0 Å². The molecule has 2 aromatic rings. The highest BCUT2D eigenvalue weighted by atomic mass is 15.1. The lowest BCUT2D eigenvalue weighted by Gasteiger charge is -2.29. The molecule has 1 nitrogen and oxygen atoms in total. The molecule has 0 saturated heterocycles. The number of allylic oxidation sites excluding steroid dienone is 13. The Labute approximate surface area is 216 Å². The summed E-state index contributed by atoms with van der Waals surface area (Å²) in [4.78, 5) is 2.34. The van der Waals surface area contributed by atoms with Crippen molar-refractivity contribution in [1.29, 1.82) is 0 Å². The molecule has 0 bridgehead atoms. The Bertz CT molecular complexity index is 1380. The van der Waals surface area contributed by atoms with E-state index >= 15 is 0 Å². The zero-order valence-electron chi connectivity index (χ0n) is 21.9. The van der Waals surface area contributed by atoms with Gasteiger partial charge >= 0.3 is 0 Å². The van der Waals surface area contributed by atoms with E-state index in [1.54, 1.807) is 0 Å². The topological polar surface area (TPSA) is 3.24 Å². The molecule has 180 valence electrons. The summed E-state index contributed by atoms with van der Waals surface area (Å²) in [5.41, 5.74) is 15.4. The van der Waals surface area contributed by atoms with Crippen LogP contribution in [-0.4, -0.2) is 0 Å². The van der Waals surface area contributed by atoms with Gasteiger partial charge in [0.2, 0.25) is 0 Å². The van der Waals surface area contributed by atoms with Crippen LogP contribution in [0.4, 0.5) is 5.69 Å². The number of benzene rings is 2. The van der Waals surface area contributed by atoms with E-state index in [1.807, 2.05) is 12.2 Å². The van der Waals surface area contributed by atoms with Crippen LogP contribution in [0, 0.1) is 0 Å². The van der Waals surface area contributed by atoms with Gasteiger partial charge in [-0.25, -0.2) is 0 Å². The van der Waals surface area contributed by atoms with E-state index in [-0.39, 0.29) is 0 Å². The first-order chi connectivity index (χ1) is 17.5. The maximum Gasteiger partial charge on any atom is 0.0458 e. The molecule has 0 saturated carbocycles. The molecule has 0 atom stereocenters. The fourth-order valence-corrected chi connectivity index (χ4v) is 4.42. The largest absolute Gasteiger partial charge is 0.315 e. The Balaban J connectivity index is 1.70. The highest BCUT2D eigenvalue weighted by molar-refractivity contribution is 5.69. The lowest BCUT2D eigenvalue weighted by molar-refractivity contribution is 0.946. The lowest BCUT2D eigenvalue weighted by Crippen LogP contribution is -2.20. The van der Waals surface area contributed by atoms with E-state index in [0.29, 0.717) is 0 Å². The molecule has 0 aromatic heterocycles. The van der Waals surface area contributed by atoms with Crippen LogP contribution in [0.15, 0.2) is 155 Å². The summed E-state index contributed by atoms with van der Waals surface area (Å²) in [6.45, 7) is 12.6. The van der Waals surface area contributed by atoms with Gasteiger partial charge in [0.05, 0.1) is 0 Å². The van der Waals surface area contributed by atoms with Crippen molar-refractivity contribution in [2.24, 2.45) is 0 Å². The van der Waals surface area contributed by atoms with Crippen LogP contribution in [0.25, 0.3) is 11.1 Å². The van der Waals surface area contributed by atoms with Crippen LogP contribution >= 0.6 is 0 Å². The first-order valence-corrected chi connectivity index (χ1v) is 12.6. The van der Waals surface area contributed by atoms with Gasteiger partial charge in [-0.3, -0.25) is 0 Å². The molecular weight excluding hydrogens is 434 g/mol. The number of hydrogen-bond donors (Lipinski definition) is 0. The van der Waals surface area contributed by atoms with Gasteiger partial charge in [0.15, 0.2) is 0 Å². The van der Waals surface area contributed by atoms with Crippen molar-refractivity contribution < 1.29 is 0 Å². The van der Waals surface area contributed by atoms with Crippen molar-refractivity contribution in [3.8, 4) is 11.1 Å². The molecular formula is C35H35N. The second kappa shape index (κ2) is 11.6. The van der Waals surface area contributed by atoms with Crippen molar-refractivity contribution in [2.45, 2.75) is 40.5 Å². The SMILES string of the molecule is C=CC1=CC(N(/C(C)=C/C=C(\C)C2=CC(C)=C(C)C=C=C2)c2ccc(-c3ccccc3)cc2)=CCC1. The van der Waals surface area contributed by atoms with Gasteiger partial charge in [-0.05, 0) is 116 Å². The smallest absolute Gasteiger partial charge is 0.0458 e. The standard InChI is InChI=1S/C35H35N/c1-6-30-13-11-17-35(25-30)36(34-22-20-32(21-23-34)31-14-8-7-9-15-31)29(5)19-18-27(3)33-16-10-12-26(2)28(4)24-33/h6-9,12,14-25H,1,11,13H2,2-5H3/b27-18+,29-19+. The Kier molecular flexibility index (Phi) is 8.06. The van der Waals surface area contributed by atoms with Crippen LogP contribution < -0.4 is 4.90 Å². The minimum absolute atomic E-state index is 1.02.